The lowest BCUT2D eigenvalue weighted by molar-refractivity contribution is -0.153. The van der Waals surface area contributed by atoms with Gasteiger partial charge in [0.2, 0.25) is 0 Å². The van der Waals surface area contributed by atoms with Gasteiger partial charge in [-0.1, -0.05) is 23.8 Å². The van der Waals surface area contributed by atoms with Crippen LogP contribution in [0.4, 0.5) is 0 Å². The Morgan fingerprint density at radius 2 is 1.87 bits per heavy atom. The highest BCUT2D eigenvalue weighted by molar-refractivity contribution is 5.73. The molecule has 0 aromatic heterocycles. The molecule has 82 valence electrons. The second kappa shape index (κ2) is 4.42. The lowest BCUT2D eigenvalue weighted by atomic mass is 9.97. The van der Waals surface area contributed by atoms with Crippen LogP contribution in [0.2, 0.25) is 0 Å². The highest BCUT2D eigenvalue weighted by Gasteiger charge is 2.26. The number of rotatable bonds is 3. The van der Waals surface area contributed by atoms with Gasteiger partial charge in [0, 0.05) is 0 Å². The van der Waals surface area contributed by atoms with E-state index in [-0.39, 0.29) is 0 Å². The third-order valence-corrected chi connectivity index (χ3v) is 2.31. The lowest BCUT2D eigenvalue weighted by Crippen LogP contribution is -2.28. The summed E-state index contributed by atoms with van der Waals surface area (Å²) >= 11 is 0. The maximum atomic E-state index is 10.5. The van der Waals surface area contributed by atoms with Crippen LogP contribution in [-0.4, -0.2) is 27.4 Å². The van der Waals surface area contributed by atoms with Crippen LogP contribution in [0.5, 0.6) is 0 Å². The fraction of sp³-hybridized carbons (Fsp3) is 0.364. The second-order valence-electron chi connectivity index (χ2n) is 3.59. The highest BCUT2D eigenvalue weighted by Crippen LogP contribution is 2.22. The van der Waals surface area contributed by atoms with Crippen molar-refractivity contribution in [2.75, 3.05) is 0 Å². The molecule has 0 fully saturated rings. The van der Waals surface area contributed by atoms with Crippen molar-refractivity contribution in [1.82, 2.24) is 0 Å². The van der Waals surface area contributed by atoms with Gasteiger partial charge in [-0.15, -0.1) is 0 Å². The zero-order valence-electron chi connectivity index (χ0n) is 8.64. The van der Waals surface area contributed by atoms with E-state index in [1.807, 2.05) is 13.0 Å². The fourth-order valence-corrected chi connectivity index (χ4v) is 1.38. The van der Waals surface area contributed by atoms with E-state index < -0.39 is 18.2 Å². The molecule has 0 radical (unpaired) electrons. The van der Waals surface area contributed by atoms with Crippen LogP contribution in [0.15, 0.2) is 18.2 Å². The van der Waals surface area contributed by atoms with Crippen molar-refractivity contribution in [1.29, 1.82) is 0 Å². The molecule has 0 amide bonds. The van der Waals surface area contributed by atoms with Crippen LogP contribution in [0, 0.1) is 13.8 Å². The third kappa shape index (κ3) is 2.55. The van der Waals surface area contributed by atoms with Crippen molar-refractivity contribution in [3.63, 3.8) is 0 Å². The Bertz CT molecular complexity index is 373. The maximum absolute atomic E-state index is 10.5. The number of carboxylic acid groups (broad SMARTS) is 1. The van der Waals surface area contributed by atoms with E-state index in [1.165, 1.54) is 0 Å². The summed E-state index contributed by atoms with van der Waals surface area (Å²) < 4.78 is 0. The third-order valence-electron chi connectivity index (χ3n) is 2.31. The first kappa shape index (κ1) is 11.7. The van der Waals surface area contributed by atoms with Gasteiger partial charge in [-0.2, -0.15) is 0 Å². The van der Waals surface area contributed by atoms with Gasteiger partial charge in [0.05, 0.1) is 0 Å². The molecule has 0 aliphatic rings. The molecule has 15 heavy (non-hydrogen) atoms. The Morgan fingerprint density at radius 3 is 2.40 bits per heavy atom. The first-order valence-electron chi connectivity index (χ1n) is 4.59. The van der Waals surface area contributed by atoms with Gasteiger partial charge in [-0.3, -0.25) is 0 Å². The minimum Gasteiger partial charge on any atom is -0.479 e. The molecule has 1 aromatic rings. The van der Waals surface area contributed by atoms with E-state index in [0.717, 1.165) is 11.1 Å². The molecule has 4 heteroatoms. The van der Waals surface area contributed by atoms with E-state index in [0.29, 0.717) is 5.56 Å². The van der Waals surface area contributed by atoms with Crippen molar-refractivity contribution < 1.29 is 20.1 Å². The Labute approximate surface area is 87.8 Å². The lowest BCUT2D eigenvalue weighted by Gasteiger charge is -2.17. The largest absolute Gasteiger partial charge is 0.479 e. The first-order chi connectivity index (χ1) is 6.93. The van der Waals surface area contributed by atoms with Crippen molar-refractivity contribution in [3.8, 4) is 0 Å². The maximum Gasteiger partial charge on any atom is 0.335 e. The van der Waals surface area contributed by atoms with Crippen LogP contribution in [0.3, 0.4) is 0 Å². The average Bonchev–Trinajstić information content (AvgIpc) is 2.19. The standard InChI is InChI=1S/C11H14O4/c1-6-3-4-7(2)8(5-6)9(12)10(13)11(14)15/h3-5,9-10,12-13H,1-2H3,(H,14,15). The van der Waals surface area contributed by atoms with Crippen molar-refractivity contribution in [3.05, 3.63) is 34.9 Å². The normalized spacial score (nSPS) is 14.7. The van der Waals surface area contributed by atoms with Crippen molar-refractivity contribution in [2.24, 2.45) is 0 Å². The van der Waals surface area contributed by atoms with Crippen LogP contribution in [-0.2, 0) is 4.79 Å². The van der Waals surface area contributed by atoms with Crippen molar-refractivity contribution >= 4 is 5.97 Å². The molecule has 0 aliphatic heterocycles. The van der Waals surface area contributed by atoms with Gasteiger partial charge in [0.15, 0.2) is 6.10 Å². The van der Waals surface area contributed by atoms with Crippen LogP contribution < -0.4 is 0 Å². The number of hydrogen-bond donors (Lipinski definition) is 3. The molecule has 0 bridgehead atoms. The van der Waals surface area contributed by atoms with Crippen LogP contribution in [0.1, 0.15) is 22.8 Å². The van der Waals surface area contributed by atoms with E-state index in [1.54, 1.807) is 19.1 Å². The number of benzene rings is 1. The Hall–Kier alpha value is -1.39. The van der Waals surface area contributed by atoms with Gasteiger partial charge in [0.25, 0.3) is 0 Å². The molecule has 1 aromatic carbocycles. The van der Waals surface area contributed by atoms with E-state index in [4.69, 9.17) is 5.11 Å². The molecule has 2 atom stereocenters. The average molecular weight is 210 g/mol. The molecule has 3 N–H and O–H groups in total. The number of aryl methyl sites for hydroxylation is 2. The number of aliphatic carboxylic acids is 1. The SMILES string of the molecule is Cc1ccc(C)c(C(O)C(O)C(=O)O)c1. The molecule has 0 spiro atoms. The Balaban J connectivity index is 3.04. The predicted octanol–water partition coefficient (Wildman–Crippen LogP) is 0.782. The summed E-state index contributed by atoms with van der Waals surface area (Å²) in [6.45, 7) is 3.59. The molecule has 0 saturated carbocycles. The number of hydrogen-bond acceptors (Lipinski definition) is 3. The quantitative estimate of drug-likeness (QED) is 0.689. The molecule has 0 heterocycles. The van der Waals surface area contributed by atoms with E-state index >= 15 is 0 Å². The molecule has 4 nitrogen and oxygen atoms in total. The minimum atomic E-state index is -1.79. The van der Waals surface area contributed by atoms with E-state index in [9.17, 15) is 15.0 Å². The molecule has 2 unspecified atom stereocenters. The van der Waals surface area contributed by atoms with Crippen LogP contribution >= 0.6 is 0 Å². The van der Waals surface area contributed by atoms with Crippen molar-refractivity contribution in [2.45, 2.75) is 26.1 Å². The number of carboxylic acids is 1. The first-order valence-corrected chi connectivity index (χ1v) is 4.59. The fourth-order valence-electron chi connectivity index (χ4n) is 1.38. The summed E-state index contributed by atoms with van der Waals surface area (Å²) in [6, 6.07) is 5.31. The zero-order chi connectivity index (χ0) is 11.6. The summed E-state index contributed by atoms with van der Waals surface area (Å²) in [6.07, 6.45) is -3.17. The summed E-state index contributed by atoms with van der Waals surface area (Å²) in [4.78, 5) is 10.5. The van der Waals surface area contributed by atoms with Gasteiger partial charge < -0.3 is 15.3 Å². The zero-order valence-corrected chi connectivity index (χ0v) is 8.64. The minimum absolute atomic E-state index is 0.449. The summed E-state index contributed by atoms with van der Waals surface area (Å²) in [5, 5.41) is 27.4. The summed E-state index contributed by atoms with van der Waals surface area (Å²) in [7, 11) is 0. The Morgan fingerprint density at radius 1 is 1.27 bits per heavy atom. The number of aliphatic hydroxyl groups is 2. The van der Waals surface area contributed by atoms with Gasteiger partial charge in [0.1, 0.15) is 6.10 Å². The molecule has 1 rings (SSSR count). The topological polar surface area (TPSA) is 77.8 Å². The molecular formula is C11H14O4. The van der Waals surface area contributed by atoms with Gasteiger partial charge in [-0.25, -0.2) is 4.79 Å². The smallest absolute Gasteiger partial charge is 0.335 e. The molecule has 0 saturated heterocycles. The summed E-state index contributed by atoms with van der Waals surface area (Å²) in [5.41, 5.74) is 2.12. The van der Waals surface area contributed by atoms with E-state index in [2.05, 4.69) is 0 Å². The molecule has 0 aliphatic carbocycles. The van der Waals surface area contributed by atoms with Crippen LogP contribution in [0.25, 0.3) is 0 Å². The molecular weight excluding hydrogens is 196 g/mol. The second-order valence-corrected chi connectivity index (χ2v) is 3.59. The number of aliphatic hydroxyl groups excluding tert-OH is 2. The Kier molecular flexibility index (Phi) is 3.44. The summed E-state index contributed by atoms with van der Waals surface area (Å²) in [5.74, 6) is -1.43. The number of carbonyl (C=O) groups is 1. The monoisotopic (exact) mass is 210 g/mol. The predicted molar refractivity (Wildman–Crippen MR) is 54.5 cm³/mol. The van der Waals surface area contributed by atoms with Gasteiger partial charge >= 0.3 is 5.97 Å². The highest BCUT2D eigenvalue weighted by atomic mass is 16.4. The van der Waals surface area contributed by atoms with Gasteiger partial charge in [-0.05, 0) is 25.0 Å².